The number of anilines is 1. The average molecular weight is 389 g/mol. The van der Waals surface area contributed by atoms with Crippen molar-refractivity contribution >= 4 is 17.6 Å². The van der Waals surface area contributed by atoms with Crippen LogP contribution in [0.3, 0.4) is 0 Å². The van der Waals surface area contributed by atoms with E-state index in [9.17, 15) is 9.59 Å². The number of nitrogens with zero attached hydrogens (tertiary/aromatic N) is 1. The molecule has 3 N–H and O–H groups in total. The molecule has 1 aliphatic carbocycles. The Balaban J connectivity index is 1.44. The van der Waals surface area contributed by atoms with Gasteiger partial charge in [0.15, 0.2) is 0 Å². The molecule has 0 bridgehead atoms. The molecule has 0 aromatic heterocycles. The molecule has 7 heteroatoms. The molecule has 0 radical (unpaired) electrons. The second-order valence-electron chi connectivity index (χ2n) is 8.35. The third-order valence-corrected chi connectivity index (χ3v) is 5.52. The van der Waals surface area contributed by atoms with E-state index in [4.69, 9.17) is 4.74 Å². The molecule has 154 valence electrons. The summed E-state index contributed by atoms with van der Waals surface area (Å²) in [5, 5.41) is 8.89. The molecule has 0 unspecified atom stereocenters. The van der Waals surface area contributed by atoms with Crippen LogP contribution >= 0.6 is 0 Å². The summed E-state index contributed by atoms with van der Waals surface area (Å²) in [6, 6.07) is 7.33. The molecule has 2 fully saturated rings. The molecule has 0 spiro atoms. The summed E-state index contributed by atoms with van der Waals surface area (Å²) >= 11 is 0. The van der Waals surface area contributed by atoms with Crippen LogP contribution in [0.4, 0.5) is 10.5 Å². The van der Waals surface area contributed by atoms with Gasteiger partial charge in [-0.25, -0.2) is 4.79 Å². The fourth-order valence-corrected chi connectivity index (χ4v) is 3.35. The van der Waals surface area contributed by atoms with Crippen molar-refractivity contribution in [1.29, 1.82) is 0 Å². The highest BCUT2D eigenvalue weighted by molar-refractivity contribution is 5.94. The monoisotopic (exact) mass is 388 g/mol. The fourth-order valence-electron chi connectivity index (χ4n) is 3.35. The minimum atomic E-state index is -0.181. The van der Waals surface area contributed by atoms with E-state index in [0.717, 1.165) is 50.4 Å². The van der Waals surface area contributed by atoms with Gasteiger partial charge in [-0.2, -0.15) is 0 Å². The smallest absolute Gasteiger partial charge is 0.315 e. The van der Waals surface area contributed by atoms with Gasteiger partial charge >= 0.3 is 6.03 Å². The first-order valence-electron chi connectivity index (χ1n) is 10.1. The molecular formula is C21H32N4O3. The maximum Gasteiger partial charge on any atom is 0.315 e. The Hall–Kier alpha value is -2.12. The summed E-state index contributed by atoms with van der Waals surface area (Å²) in [5.74, 6) is 0.284. The maximum absolute atomic E-state index is 12.3. The van der Waals surface area contributed by atoms with Gasteiger partial charge in [0.05, 0.1) is 19.3 Å². The zero-order chi connectivity index (χ0) is 20.1. The van der Waals surface area contributed by atoms with Crippen LogP contribution in [0.15, 0.2) is 24.3 Å². The number of hydrogen-bond acceptors (Lipinski definition) is 4. The van der Waals surface area contributed by atoms with Gasteiger partial charge in [-0.3, -0.25) is 9.69 Å². The number of hydrogen-bond donors (Lipinski definition) is 3. The van der Waals surface area contributed by atoms with Gasteiger partial charge in [0.2, 0.25) is 5.91 Å². The first kappa shape index (κ1) is 20.6. The van der Waals surface area contributed by atoms with E-state index < -0.39 is 0 Å². The normalized spacial score (nSPS) is 19.0. The summed E-state index contributed by atoms with van der Waals surface area (Å²) in [7, 11) is 0. The molecule has 3 rings (SSSR count). The lowest BCUT2D eigenvalue weighted by molar-refractivity contribution is -0.117. The van der Waals surface area contributed by atoms with Crippen LogP contribution in [-0.4, -0.2) is 55.2 Å². The highest BCUT2D eigenvalue weighted by Crippen LogP contribution is 2.30. The van der Waals surface area contributed by atoms with Crippen molar-refractivity contribution in [3.8, 4) is 0 Å². The van der Waals surface area contributed by atoms with Gasteiger partial charge in [-0.05, 0) is 51.3 Å². The van der Waals surface area contributed by atoms with Gasteiger partial charge in [0.1, 0.15) is 0 Å². The van der Waals surface area contributed by atoms with Crippen LogP contribution in [0.2, 0.25) is 0 Å². The number of ether oxygens (including phenoxy) is 1. The summed E-state index contributed by atoms with van der Waals surface area (Å²) in [6.07, 6.45) is 1.98. The molecule has 1 aromatic rings. The third kappa shape index (κ3) is 5.69. The Labute approximate surface area is 167 Å². The molecule has 7 nitrogen and oxygen atoms in total. The quantitative estimate of drug-likeness (QED) is 0.670. The number of urea groups is 1. The highest BCUT2D eigenvalue weighted by atomic mass is 16.5. The number of nitrogens with one attached hydrogen (secondary N) is 3. The molecular weight excluding hydrogens is 356 g/mol. The van der Waals surface area contributed by atoms with Crippen molar-refractivity contribution in [2.24, 2.45) is 5.92 Å². The Morgan fingerprint density at radius 3 is 2.43 bits per heavy atom. The Morgan fingerprint density at radius 1 is 1.18 bits per heavy atom. The minimum absolute atomic E-state index is 0.0983. The van der Waals surface area contributed by atoms with Crippen LogP contribution in [0.1, 0.15) is 45.2 Å². The number of morpholine rings is 1. The van der Waals surface area contributed by atoms with Crippen molar-refractivity contribution in [2.75, 3.05) is 38.2 Å². The van der Waals surface area contributed by atoms with Crippen molar-refractivity contribution < 1.29 is 14.3 Å². The summed E-state index contributed by atoms with van der Waals surface area (Å²) in [5.41, 5.74) is 1.67. The zero-order valence-corrected chi connectivity index (χ0v) is 17.1. The van der Waals surface area contributed by atoms with E-state index in [1.807, 2.05) is 31.2 Å². The number of carbonyl (C=O) groups excluding carboxylic acids is 2. The molecule has 1 saturated carbocycles. The largest absolute Gasteiger partial charge is 0.379 e. The molecule has 2 aliphatic rings. The molecule has 1 aliphatic heterocycles. The first-order valence-corrected chi connectivity index (χ1v) is 10.1. The topological polar surface area (TPSA) is 82.7 Å². The molecule has 1 saturated heterocycles. The maximum atomic E-state index is 12.3. The predicted octanol–water partition coefficient (Wildman–Crippen LogP) is 2.51. The Bertz CT molecular complexity index is 679. The van der Waals surface area contributed by atoms with Crippen molar-refractivity contribution in [3.05, 3.63) is 29.8 Å². The SMILES string of the molecule is C[C@H](NC(=O)NCC(C)(C)N1CCOCC1)c1ccc(NC(=O)C2CC2)cc1. The molecule has 28 heavy (non-hydrogen) atoms. The van der Waals surface area contributed by atoms with Crippen molar-refractivity contribution in [2.45, 2.75) is 45.2 Å². The number of amides is 3. The average Bonchev–Trinajstić information content (AvgIpc) is 3.53. The van der Waals surface area contributed by atoms with E-state index in [2.05, 4.69) is 34.7 Å². The van der Waals surface area contributed by atoms with E-state index in [1.165, 1.54) is 0 Å². The molecule has 1 atom stereocenters. The highest BCUT2D eigenvalue weighted by Gasteiger charge is 2.30. The van der Waals surface area contributed by atoms with Crippen LogP contribution in [0.25, 0.3) is 0 Å². The van der Waals surface area contributed by atoms with Crippen molar-refractivity contribution in [3.63, 3.8) is 0 Å². The van der Waals surface area contributed by atoms with Gasteiger partial charge < -0.3 is 20.7 Å². The predicted molar refractivity (Wildman–Crippen MR) is 109 cm³/mol. The lowest BCUT2D eigenvalue weighted by atomic mass is 10.0. The standard InChI is InChI=1S/C21H32N4O3/c1-15(16-6-8-18(9-7-16)24-19(26)17-4-5-17)23-20(27)22-14-21(2,3)25-10-12-28-13-11-25/h6-9,15,17H,4-5,10-14H2,1-3H3,(H,24,26)(H2,22,23,27)/t15-/m0/s1. The number of carbonyl (C=O) groups is 2. The molecule has 1 aromatic carbocycles. The lowest BCUT2D eigenvalue weighted by Crippen LogP contribution is -2.56. The van der Waals surface area contributed by atoms with E-state index in [1.54, 1.807) is 0 Å². The summed E-state index contributed by atoms with van der Waals surface area (Å²) in [4.78, 5) is 26.5. The second kappa shape index (κ2) is 8.92. The van der Waals surface area contributed by atoms with Gasteiger partial charge in [-0.15, -0.1) is 0 Å². The van der Waals surface area contributed by atoms with Gasteiger partial charge in [-0.1, -0.05) is 12.1 Å². The zero-order valence-electron chi connectivity index (χ0n) is 17.1. The van der Waals surface area contributed by atoms with Gasteiger partial charge in [0, 0.05) is 36.8 Å². The lowest BCUT2D eigenvalue weighted by Gasteiger charge is -2.40. The number of benzene rings is 1. The van der Waals surface area contributed by atoms with Crippen LogP contribution in [0.5, 0.6) is 0 Å². The fraction of sp³-hybridized carbons (Fsp3) is 0.619. The number of rotatable bonds is 7. The first-order chi connectivity index (χ1) is 13.3. The van der Waals surface area contributed by atoms with Crippen LogP contribution in [0, 0.1) is 5.92 Å². The second-order valence-corrected chi connectivity index (χ2v) is 8.35. The minimum Gasteiger partial charge on any atom is -0.379 e. The Morgan fingerprint density at radius 2 is 1.82 bits per heavy atom. The third-order valence-electron chi connectivity index (χ3n) is 5.52. The summed E-state index contributed by atoms with van der Waals surface area (Å²) in [6.45, 7) is 10.0. The van der Waals surface area contributed by atoms with E-state index >= 15 is 0 Å². The van der Waals surface area contributed by atoms with Crippen LogP contribution in [-0.2, 0) is 9.53 Å². The summed E-state index contributed by atoms with van der Waals surface area (Å²) < 4.78 is 5.40. The van der Waals surface area contributed by atoms with Crippen molar-refractivity contribution in [1.82, 2.24) is 15.5 Å². The van der Waals surface area contributed by atoms with Crippen LogP contribution < -0.4 is 16.0 Å². The molecule has 3 amide bonds. The van der Waals surface area contributed by atoms with Gasteiger partial charge in [0.25, 0.3) is 0 Å². The van der Waals surface area contributed by atoms with E-state index in [0.29, 0.717) is 6.54 Å². The van der Waals surface area contributed by atoms with E-state index in [-0.39, 0.29) is 29.4 Å². The Kier molecular flexibility index (Phi) is 6.57. The molecule has 1 heterocycles.